The average Bonchev–Trinajstić information content (AvgIpc) is 2.78. The van der Waals surface area contributed by atoms with Crippen LogP contribution in [0.4, 0.5) is 5.69 Å². The Hall–Kier alpha value is -3.41. The third-order valence-electron chi connectivity index (χ3n) is 5.89. The minimum Gasteiger partial charge on any atom is -0.426 e. The molecule has 0 saturated heterocycles. The second-order valence-corrected chi connectivity index (χ2v) is 7.68. The van der Waals surface area contributed by atoms with Gasteiger partial charge in [0.2, 0.25) is 0 Å². The molecule has 0 bridgehead atoms. The molecule has 31 heavy (non-hydrogen) atoms. The van der Waals surface area contributed by atoms with E-state index in [4.69, 9.17) is 9.15 Å². The Bertz CT molecular complexity index is 1220. The van der Waals surface area contributed by atoms with E-state index < -0.39 is 23.3 Å². The smallest absolute Gasteiger partial charge is 0.347 e. The van der Waals surface area contributed by atoms with Gasteiger partial charge in [0.15, 0.2) is 5.78 Å². The van der Waals surface area contributed by atoms with Crippen LogP contribution in [0.3, 0.4) is 0 Å². The lowest BCUT2D eigenvalue weighted by atomic mass is 9.89. The molecule has 160 valence electrons. The number of hydrogen-bond donors (Lipinski definition) is 0. The first-order valence-corrected chi connectivity index (χ1v) is 10.7. The molecule has 1 aliphatic heterocycles. The van der Waals surface area contributed by atoms with Crippen LogP contribution in [0.2, 0.25) is 0 Å². The summed E-state index contributed by atoms with van der Waals surface area (Å²) in [5, 5.41) is 0.647. The van der Waals surface area contributed by atoms with Gasteiger partial charge in [-0.05, 0) is 56.0 Å². The first-order chi connectivity index (χ1) is 14.9. The van der Waals surface area contributed by atoms with Crippen molar-refractivity contribution < 1.29 is 18.7 Å². The lowest BCUT2D eigenvalue weighted by molar-refractivity contribution is -0.138. The number of rotatable bonds is 6. The summed E-state index contributed by atoms with van der Waals surface area (Å²) in [6.45, 7) is 7.79. The number of Topliss-reactive ketones (excluding diaryl/α,β-unsaturated/α-hetero) is 1. The third kappa shape index (κ3) is 3.85. The van der Waals surface area contributed by atoms with Crippen molar-refractivity contribution in [3.63, 3.8) is 0 Å². The van der Waals surface area contributed by atoms with Crippen LogP contribution < -0.4 is 15.3 Å². The van der Waals surface area contributed by atoms with Gasteiger partial charge in [0.25, 0.3) is 0 Å². The van der Waals surface area contributed by atoms with Gasteiger partial charge in [0.1, 0.15) is 22.8 Å². The molecule has 6 nitrogen and oxygen atoms in total. The van der Waals surface area contributed by atoms with E-state index in [0.29, 0.717) is 16.7 Å². The highest BCUT2D eigenvalue weighted by Gasteiger charge is 2.36. The van der Waals surface area contributed by atoms with Gasteiger partial charge in [0, 0.05) is 30.2 Å². The zero-order valence-corrected chi connectivity index (χ0v) is 17.9. The van der Waals surface area contributed by atoms with E-state index in [2.05, 4.69) is 18.7 Å². The van der Waals surface area contributed by atoms with E-state index in [9.17, 15) is 14.4 Å². The number of fused-ring (bicyclic) bond motifs is 2. The van der Waals surface area contributed by atoms with Gasteiger partial charge in [-0.15, -0.1) is 0 Å². The Morgan fingerprint density at radius 3 is 2.52 bits per heavy atom. The third-order valence-corrected chi connectivity index (χ3v) is 5.89. The first-order valence-electron chi connectivity index (χ1n) is 10.7. The molecule has 0 amide bonds. The first kappa shape index (κ1) is 20.8. The van der Waals surface area contributed by atoms with Crippen molar-refractivity contribution in [1.29, 1.82) is 0 Å². The molecule has 0 aliphatic carbocycles. The summed E-state index contributed by atoms with van der Waals surface area (Å²) in [4.78, 5) is 40.4. The Kier molecular flexibility index (Phi) is 5.63. The van der Waals surface area contributed by atoms with E-state index >= 15 is 0 Å². The molecule has 0 fully saturated rings. The molecule has 0 spiro atoms. The quantitative estimate of drug-likeness (QED) is 0.196. The fourth-order valence-corrected chi connectivity index (χ4v) is 4.01. The molecule has 1 unspecified atom stereocenters. The zero-order valence-electron chi connectivity index (χ0n) is 17.9. The van der Waals surface area contributed by atoms with Crippen molar-refractivity contribution in [2.45, 2.75) is 33.6 Å². The summed E-state index contributed by atoms with van der Waals surface area (Å²) in [5.41, 5.74) is 2.34. The van der Waals surface area contributed by atoms with Crippen LogP contribution in [-0.4, -0.2) is 24.8 Å². The molecule has 0 radical (unpaired) electrons. The summed E-state index contributed by atoms with van der Waals surface area (Å²) >= 11 is 0. The van der Waals surface area contributed by atoms with Crippen molar-refractivity contribution >= 4 is 28.4 Å². The highest BCUT2D eigenvalue weighted by Crippen LogP contribution is 2.33. The van der Waals surface area contributed by atoms with Gasteiger partial charge in [-0.3, -0.25) is 9.59 Å². The van der Waals surface area contributed by atoms with Crippen LogP contribution in [0.1, 0.15) is 42.3 Å². The second kappa shape index (κ2) is 8.38. The normalized spacial score (nSPS) is 15.5. The monoisotopic (exact) mass is 419 g/mol. The number of nitrogens with zero attached hydrogens (tertiary/aromatic N) is 1. The summed E-state index contributed by atoms with van der Waals surface area (Å²) in [5.74, 6) is -1.81. The maximum absolute atomic E-state index is 13.1. The molecule has 1 aliphatic rings. The van der Waals surface area contributed by atoms with Crippen molar-refractivity contribution in [3.05, 3.63) is 69.6 Å². The van der Waals surface area contributed by atoms with Crippen LogP contribution in [0.15, 0.2) is 51.7 Å². The van der Waals surface area contributed by atoms with Gasteiger partial charge in [0.05, 0.1) is 0 Å². The molecule has 0 saturated carbocycles. The molecule has 0 N–H and O–H groups in total. The lowest BCUT2D eigenvalue weighted by Gasteiger charge is -2.26. The molecule has 1 aromatic heterocycles. The number of ketones is 1. The number of esters is 1. The SMILES string of the molecule is CCc1ccc2cc(C(=O)C3Cc4ccc(N(CC)CC)cc4OC3=O)c(=O)oc2c1. The van der Waals surface area contributed by atoms with Crippen LogP contribution in [0, 0.1) is 5.92 Å². The van der Waals surface area contributed by atoms with Crippen LogP contribution >= 0.6 is 0 Å². The summed E-state index contributed by atoms with van der Waals surface area (Å²) in [6.07, 6.45) is 1.00. The van der Waals surface area contributed by atoms with Crippen LogP contribution in [0.5, 0.6) is 5.75 Å². The maximum Gasteiger partial charge on any atom is 0.347 e. The molecule has 4 rings (SSSR count). The van der Waals surface area contributed by atoms with Gasteiger partial charge in [-0.2, -0.15) is 0 Å². The molecule has 2 heterocycles. The number of carbonyl (C=O) groups is 2. The topological polar surface area (TPSA) is 76.8 Å². The highest BCUT2D eigenvalue weighted by atomic mass is 16.5. The Labute approximate surface area is 180 Å². The number of hydrogen-bond acceptors (Lipinski definition) is 6. The number of carbonyl (C=O) groups excluding carboxylic acids is 2. The van der Waals surface area contributed by atoms with Crippen molar-refractivity contribution in [2.75, 3.05) is 18.0 Å². The van der Waals surface area contributed by atoms with E-state index in [0.717, 1.165) is 36.3 Å². The summed E-state index contributed by atoms with van der Waals surface area (Å²) < 4.78 is 10.9. The maximum atomic E-state index is 13.1. The fraction of sp³-hybridized carbons (Fsp3) is 0.320. The van der Waals surface area contributed by atoms with Crippen molar-refractivity contribution in [2.24, 2.45) is 5.92 Å². The van der Waals surface area contributed by atoms with Crippen molar-refractivity contribution in [1.82, 2.24) is 0 Å². The van der Waals surface area contributed by atoms with E-state index in [1.54, 1.807) is 6.07 Å². The molecular weight excluding hydrogens is 394 g/mol. The van der Waals surface area contributed by atoms with E-state index in [1.807, 2.05) is 37.3 Å². The fourth-order valence-electron chi connectivity index (χ4n) is 4.01. The number of benzene rings is 2. The molecule has 1 atom stereocenters. The Balaban J connectivity index is 1.65. The lowest BCUT2D eigenvalue weighted by Crippen LogP contribution is -2.36. The number of ether oxygens (including phenoxy) is 1. The standard InChI is InChI=1S/C25H25NO5/c1-4-15-7-8-16-12-19(24(28)30-21(16)11-15)23(27)20-13-17-9-10-18(26(5-2)6-3)14-22(17)31-25(20)29/h7-12,14,20H,4-6,13H2,1-3H3. The average molecular weight is 419 g/mol. The minimum absolute atomic E-state index is 0.123. The molecule has 6 heteroatoms. The largest absolute Gasteiger partial charge is 0.426 e. The second-order valence-electron chi connectivity index (χ2n) is 7.68. The zero-order chi connectivity index (χ0) is 22.1. The van der Waals surface area contributed by atoms with Gasteiger partial charge in [-0.1, -0.05) is 25.1 Å². The summed E-state index contributed by atoms with van der Waals surface area (Å²) in [6, 6.07) is 12.7. The predicted octanol–water partition coefficient (Wildman–Crippen LogP) is 4.16. The Morgan fingerprint density at radius 1 is 1.03 bits per heavy atom. The molecule has 3 aromatic rings. The highest BCUT2D eigenvalue weighted by molar-refractivity contribution is 6.10. The molecular formula is C25H25NO5. The molecule has 2 aromatic carbocycles. The van der Waals surface area contributed by atoms with Gasteiger partial charge >= 0.3 is 11.6 Å². The van der Waals surface area contributed by atoms with Gasteiger partial charge in [-0.25, -0.2) is 4.79 Å². The predicted molar refractivity (Wildman–Crippen MR) is 119 cm³/mol. The van der Waals surface area contributed by atoms with Crippen LogP contribution in [-0.2, 0) is 17.6 Å². The number of aryl methyl sites for hydroxylation is 1. The van der Waals surface area contributed by atoms with E-state index in [1.165, 1.54) is 6.07 Å². The summed E-state index contributed by atoms with van der Waals surface area (Å²) in [7, 11) is 0. The van der Waals surface area contributed by atoms with E-state index in [-0.39, 0.29) is 12.0 Å². The van der Waals surface area contributed by atoms with Crippen molar-refractivity contribution in [3.8, 4) is 5.75 Å². The minimum atomic E-state index is -1.07. The Morgan fingerprint density at radius 2 is 1.81 bits per heavy atom. The van der Waals surface area contributed by atoms with Gasteiger partial charge < -0.3 is 14.1 Å². The number of anilines is 1. The van der Waals surface area contributed by atoms with Crippen LogP contribution in [0.25, 0.3) is 11.0 Å².